The summed E-state index contributed by atoms with van der Waals surface area (Å²) < 4.78 is 0. The molecule has 0 saturated heterocycles. The topological polar surface area (TPSA) is 78.4 Å². The van der Waals surface area contributed by atoms with Crippen LogP contribution in [-0.2, 0) is 4.79 Å². The molecule has 106 valence electrons. The quantitative estimate of drug-likeness (QED) is 0.699. The van der Waals surface area contributed by atoms with Crippen molar-refractivity contribution in [2.45, 2.75) is 26.4 Å². The highest BCUT2D eigenvalue weighted by Gasteiger charge is 2.11. The van der Waals surface area contributed by atoms with Gasteiger partial charge in [0.1, 0.15) is 0 Å². The third-order valence-corrected chi connectivity index (χ3v) is 3.30. The van der Waals surface area contributed by atoms with Gasteiger partial charge in [-0.3, -0.25) is 9.59 Å². The maximum absolute atomic E-state index is 11.6. The number of hydrogen-bond donors (Lipinski definition) is 3. The molecule has 0 radical (unpaired) electrons. The standard InChI is InChI=1S/C13H20N2O3S/c1-9(2)6-10(16)7-14-12(17)8-15-13(18)11-4-3-5-19-11/h3-5,9-10,16H,6-8H2,1-2H3,(H,14,17)(H,15,18). The molecule has 1 aromatic heterocycles. The molecular weight excluding hydrogens is 264 g/mol. The molecule has 1 heterocycles. The molecule has 6 heteroatoms. The van der Waals surface area contributed by atoms with Gasteiger partial charge < -0.3 is 15.7 Å². The Morgan fingerprint density at radius 2 is 2.11 bits per heavy atom. The van der Waals surface area contributed by atoms with Crippen LogP contribution in [-0.4, -0.2) is 36.1 Å². The van der Waals surface area contributed by atoms with E-state index in [9.17, 15) is 14.7 Å². The molecule has 1 aromatic rings. The Bertz CT molecular complexity index is 404. The van der Waals surface area contributed by atoms with Crippen molar-refractivity contribution in [1.82, 2.24) is 10.6 Å². The van der Waals surface area contributed by atoms with Gasteiger partial charge in [-0.1, -0.05) is 19.9 Å². The van der Waals surface area contributed by atoms with E-state index >= 15 is 0 Å². The second kappa shape index (κ2) is 7.91. The Balaban J connectivity index is 2.19. The SMILES string of the molecule is CC(C)CC(O)CNC(=O)CNC(=O)c1cccs1. The van der Waals surface area contributed by atoms with Gasteiger partial charge in [-0.25, -0.2) is 0 Å². The number of carbonyl (C=O) groups excluding carboxylic acids is 2. The molecule has 3 N–H and O–H groups in total. The summed E-state index contributed by atoms with van der Waals surface area (Å²) in [5.74, 6) is -0.175. The van der Waals surface area contributed by atoms with E-state index in [0.29, 0.717) is 17.2 Å². The minimum Gasteiger partial charge on any atom is -0.391 e. The first-order valence-electron chi connectivity index (χ1n) is 6.25. The number of rotatable bonds is 7. The van der Waals surface area contributed by atoms with E-state index in [2.05, 4.69) is 10.6 Å². The van der Waals surface area contributed by atoms with Gasteiger partial charge in [-0.05, 0) is 23.8 Å². The zero-order valence-corrected chi connectivity index (χ0v) is 12.0. The molecule has 0 aromatic carbocycles. The molecule has 0 spiro atoms. The van der Waals surface area contributed by atoms with Crippen LogP contribution >= 0.6 is 11.3 Å². The molecule has 2 amide bonds. The Morgan fingerprint density at radius 1 is 1.37 bits per heavy atom. The molecule has 0 aliphatic heterocycles. The van der Waals surface area contributed by atoms with Crippen LogP contribution in [0.1, 0.15) is 29.9 Å². The number of hydrogen-bond acceptors (Lipinski definition) is 4. The van der Waals surface area contributed by atoms with Gasteiger partial charge in [0, 0.05) is 6.54 Å². The van der Waals surface area contributed by atoms with Crippen molar-refractivity contribution < 1.29 is 14.7 Å². The maximum atomic E-state index is 11.6. The van der Waals surface area contributed by atoms with Gasteiger partial charge in [0.25, 0.3) is 5.91 Å². The lowest BCUT2D eigenvalue weighted by molar-refractivity contribution is -0.120. The Labute approximate surface area is 117 Å². The van der Waals surface area contributed by atoms with Gasteiger partial charge in [-0.2, -0.15) is 0 Å². The van der Waals surface area contributed by atoms with Crippen LogP contribution < -0.4 is 10.6 Å². The smallest absolute Gasteiger partial charge is 0.261 e. The fourth-order valence-electron chi connectivity index (χ4n) is 1.58. The van der Waals surface area contributed by atoms with Crippen LogP contribution in [0.3, 0.4) is 0 Å². The lowest BCUT2D eigenvalue weighted by Gasteiger charge is -2.13. The average molecular weight is 284 g/mol. The summed E-state index contributed by atoms with van der Waals surface area (Å²) in [5.41, 5.74) is 0. The van der Waals surface area contributed by atoms with E-state index in [1.807, 2.05) is 13.8 Å². The molecule has 1 unspecified atom stereocenters. The molecule has 0 aliphatic carbocycles. The third kappa shape index (κ3) is 6.35. The molecule has 0 bridgehead atoms. The van der Waals surface area contributed by atoms with E-state index in [0.717, 1.165) is 0 Å². The fourth-order valence-corrected chi connectivity index (χ4v) is 2.22. The Morgan fingerprint density at radius 3 is 2.68 bits per heavy atom. The third-order valence-electron chi connectivity index (χ3n) is 2.43. The molecule has 1 atom stereocenters. The van der Waals surface area contributed by atoms with E-state index < -0.39 is 6.10 Å². The molecule has 0 aliphatic rings. The van der Waals surface area contributed by atoms with Gasteiger partial charge in [-0.15, -0.1) is 11.3 Å². The monoisotopic (exact) mass is 284 g/mol. The predicted molar refractivity (Wildman–Crippen MR) is 75.1 cm³/mol. The van der Waals surface area contributed by atoms with E-state index in [-0.39, 0.29) is 24.9 Å². The Kier molecular flexibility index (Phi) is 6.52. The minimum atomic E-state index is -0.544. The minimum absolute atomic E-state index is 0.0782. The summed E-state index contributed by atoms with van der Waals surface area (Å²) in [7, 11) is 0. The van der Waals surface area contributed by atoms with Crippen molar-refractivity contribution in [3.05, 3.63) is 22.4 Å². The van der Waals surface area contributed by atoms with Crippen LogP contribution in [0.5, 0.6) is 0 Å². The van der Waals surface area contributed by atoms with Crippen molar-refractivity contribution in [3.8, 4) is 0 Å². The molecule has 1 rings (SSSR count). The highest BCUT2D eigenvalue weighted by Crippen LogP contribution is 2.07. The second-order valence-electron chi connectivity index (χ2n) is 4.75. The number of amides is 2. The summed E-state index contributed by atoms with van der Waals surface area (Å²) in [6.45, 7) is 4.15. The molecule has 0 saturated carbocycles. The summed E-state index contributed by atoms with van der Waals surface area (Å²) in [4.78, 5) is 23.6. The normalized spacial score (nSPS) is 12.2. The number of carbonyl (C=O) groups is 2. The largest absolute Gasteiger partial charge is 0.391 e. The highest BCUT2D eigenvalue weighted by atomic mass is 32.1. The Hall–Kier alpha value is -1.40. The summed E-state index contributed by atoms with van der Waals surface area (Å²) in [6, 6.07) is 3.48. The van der Waals surface area contributed by atoms with Crippen molar-refractivity contribution >= 4 is 23.2 Å². The summed E-state index contributed by atoms with van der Waals surface area (Å²) in [6.07, 6.45) is 0.0962. The number of aliphatic hydroxyl groups excluding tert-OH is 1. The molecule has 5 nitrogen and oxygen atoms in total. The maximum Gasteiger partial charge on any atom is 0.261 e. The summed E-state index contributed by atoms with van der Waals surface area (Å²) in [5, 5.41) is 16.5. The van der Waals surface area contributed by atoms with Crippen LogP contribution in [0.15, 0.2) is 17.5 Å². The van der Waals surface area contributed by atoms with Crippen LogP contribution in [0.4, 0.5) is 0 Å². The number of aliphatic hydroxyl groups is 1. The first-order chi connectivity index (χ1) is 8.99. The van der Waals surface area contributed by atoms with Crippen molar-refractivity contribution in [1.29, 1.82) is 0 Å². The van der Waals surface area contributed by atoms with Crippen LogP contribution in [0.2, 0.25) is 0 Å². The van der Waals surface area contributed by atoms with Gasteiger partial charge in [0.2, 0.25) is 5.91 Å². The molecular formula is C13H20N2O3S. The van der Waals surface area contributed by atoms with E-state index in [1.54, 1.807) is 17.5 Å². The zero-order chi connectivity index (χ0) is 14.3. The van der Waals surface area contributed by atoms with Crippen molar-refractivity contribution in [2.24, 2.45) is 5.92 Å². The molecule has 19 heavy (non-hydrogen) atoms. The molecule has 0 fully saturated rings. The highest BCUT2D eigenvalue weighted by molar-refractivity contribution is 7.12. The van der Waals surface area contributed by atoms with Gasteiger partial charge >= 0.3 is 0 Å². The van der Waals surface area contributed by atoms with Crippen molar-refractivity contribution in [2.75, 3.05) is 13.1 Å². The fraction of sp³-hybridized carbons (Fsp3) is 0.538. The second-order valence-corrected chi connectivity index (χ2v) is 5.70. The zero-order valence-electron chi connectivity index (χ0n) is 11.2. The number of thiophene rings is 1. The van der Waals surface area contributed by atoms with Crippen LogP contribution in [0, 0.1) is 5.92 Å². The lowest BCUT2D eigenvalue weighted by Crippen LogP contribution is -2.40. The van der Waals surface area contributed by atoms with E-state index in [1.165, 1.54) is 11.3 Å². The lowest BCUT2D eigenvalue weighted by atomic mass is 10.1. The number of nitrogens with one attached hydrogen (secondary N) is 2. The van der Waals surface area contributed by atoms with Crippen LogP contribution in [0.25, 0.3) is 0 Å². The van der Waals surface area contributed by atoms with E-state index in [4.69, 9.17) is 0 Å². The average Bonchev–Trinajstić information content (AvgIpc) is 2.86. The van der Waals surface area contributed by atoms with Gasteiger partial charge in [0.15, 0.2) is 0 Å². The van der Waals surface area contributed by atoms with Gasteiger partial charge in [0.05, 0.1) is 17.5 Å². The first-order valence-corrected chi connectivity index (χ1v) is 7.13. The van der Waals surface area contributed by atoms with Crippen molar-refractivity contribution in [3.63, 3.8) is 0 Å². The first kappa shape index (κ1) is 15.7. The predicted octanol–water partition coefficient (Wildman–Crippen LogP) is 1.00. The summed E-state index contributed by atoms with van der Waals surface area (Å²) >= 11 is 1.32.